The molecule has 2 aromatic carbocycles. The second-order valence-electron chi connectivity index (χ2n) is 5.00. The van der Waals surface area contributed by atoms with Crippen molar-refractivity contribution in [1.82, 2.24) is 4.83 Å². The van der Waals surface area contributed by atoms with Gasteiger partial charge in [0.25, 0.3) is 10.0 Å². The molecule has 0 aliphatic carbocycles. The molecule has 0 aliphatic rings. The summed E-state index contributed by atoms with van der Waals surface area (Å²) in [6.45, 7) is 4.73. The number of halogens is 2. The number of sulfonamides is 1. The van der Waals surface area contributed by atoms with E-state index in [0.717, 1.165) is 0 Å². The third kappa shape index (κ3) is 5.27. The molecule has 0 aromatic heterocycles. The predicted octanol–water partition coefficient (Wildman–Crippen LogP) is 4.10. The number of hydrogen-bond donors (Lipinski definition) is 1. The molecule has 1 N–H and O–H groups in total. The molecule has 0 bridgehead atoms. The van der Waals surface area contributed by atoms with E-state index in [0.29, 0.717) is 30.3 Å². The van der Waals surface area contributed by atoms with E-state index >= 15 is 0 Å². The van der Waals surface area contributed by atoms with Gasteiger partial charge in [-0.2, -0.15) is 13.5 Å². The van der Waals surface area contributed by atoms with Crippen LogP contribution in [-0.4, -0.2) is 27.8 Å². The molecule has 2 rings (SSSR count). The molecular weight excluding hydrogens is 399 g/mol. The van der Waals surface area contributed by atoms with Crippen LogP contribution in [0.1, 0.15) is 19.4 Å². The van der Waals surface area contributed by atoms with Crippen molar-refractivity contribution in [2.75, 3.05) is 13.2 Å². The largest absolute Gasteiger partial charge is 0.490 e. The van der Waals surface area contributed by atoms with Crippen LogP contribution in [0.25, 0.3) is 0 Å². The minimum absolute atomic E-state index is 0.0363. The van der Waals surface area contributed by atoms with Crippen LogP contribution in [0, 0.1) is 0 Å². The summed E-state index contributed by atoms with van der Waals surface area (Å²) in [5.74, 6) is 1.17. The van der Waals surface area contributed by atoms with E-state index in [2.05, 4.69) is 9.93 Å². The van der Waals surface area contributed by atoms with Crippen molar-refractivity contribution in [3.8, 4) is 11.5 Å². The first kappa shape index (κ1) is 20.4. The molecule has 0 aliphatic heterocycles. The van der Waals surface area contributed by atoms with Crippen LogP contribution in [0.2, 0.25) is 10.0 Å². The van der Waals surface area contributed by atoms with Gasteiger partial charge in [0.15, 0.2) is 11.5 Å². The highest BCUT2D eigenvalue weighted by atomic mass is 35.5. The lowest BCUT2D eigenvalue weighted by atomic mass is 10.2. The van der Waals surface area contributed by atoms with Crippen LogP contribution in [0.15, 0.2) is 46.4 Å². The van der Waals surface area contributed by atoms with Crippen LogP contribution in [0.5, 0.6) is 11.5 Å². The fraction of sp³-hybridized carbons (Fsp3) is 0.235. The zero-order chi connectivity index (χ0) is 19.2. The highest BCUT2D eigenvalue weighted by Crippen LogP contribution is 2.28. The Hall–Kier alpha value is -1.96. The van der Waals surface area contributed by atoms with Gasteiger partial charge in [-0.3, -0.25) is 0 Å². The van der Waals surface area contributed by atoms with Crippen LogP contribution in [0.3, 0.4) is 0 Å². The molecule has 26 heavy (non-hydrogen) atoms. The van der Waals surface area contributed by atoms with E-state index in [-0.39, 0.29) is 14.9 Å². The first-order chi connectivity index (χ1) is 12.4. The standard InChI is InChI=1S/C17H18Cl2N2O4S/c1-3-24-16-8-5-12(9-17(16)25-4-2)11-20-21-26(22,23)13-6-7-14(18)15(19)10-13/h5-11,21H,3-4H2,1-2H3/b20-11+. The molecule has 140 valence electrons. The zero-order valence-electron chi connectivity index (χ0n) is 14.2. The van der Waals surface area contributed by atoms with E-state index in [9.17, 15) is 8.42 Å². The van der Waals surface area contributed by atoms with Gasteiger partial charge in [-0.1, -0.05) is 23.2 Å². The summed E-state index contributed by atoms with van der Waals surface area (Å²) in [5, 5.41) is 4.20. The van der Waals surface area contributed by atoms with Gasteiger partial charge < -0.3 is 9.47 Å². The summed E-state index contributed by atoms with van der Waals surface area (Å²) in [5.41, 5.74) is 0.647. The first-order valence-electron chi connectivity index (χ1n) is 7.77. The molecule has 0 spiro atoms. The van der Waals surface area contributed by atoms with Crippen LogP contribution >= 0.6 is 23.2 Å². The van der Waals surface area contributed by atoms with Crippen molar-refractivity contribution in [3.05, 3.63) is 52.0 Å². The van der Waals surface area contributed by atoms with Gasteiger partial charge in [-0.25, -0.2) is 4.83 Å². The van der Waals surface area contributed by atoms with Crippen molar-refractivity contribution < 1.29 is 17.9 Å². The molecule has 0 saturated heterocycles. The summed E-state index contributed by atoms with van der Waals surface area (Å²) >= 11 is 11.6. The molecule has 0 atom stereocenters. The van der Waals surface area contributed by atoms with E-state index in [1.54, 1.807) is 18.2 Å². The topological polar surface area (TPSA) is 77.0 Å². The highest BCUT2D eigenvalue weighted by molar-refractivity contribution is 7.89. The number of hydrazone groups is 1. The fourth-order valence-corrected chi connectivity index (χ4v) is 3.19. The molecule has 0 unspecified atom stereocenters. The van der Waals surface area contributed by atoms with Gasteiger partial charge in [0, 0.05) is 0 Å². The SMILES string of the molecule is CCOc1ccc(/C=N/NS(=O)(=O)c2ccc(Cl)c(Cl)c2)cc1OCC. The smallest absolute Gasteiger partial charge is 0.276 e. The lowest BCUT2D eigenvalue weighted by Crippen LogP contribution is -2.18. The molecule has 9 heteroatoms. The molecule has 6 nitrogen and oxygen atoms in total. The molecule has 0 fully saturated rings. The average molecular weight is 417 g/mol. The number of nitrogens with one attached hydrogen (secondary N) is 1. The maximum atomic E-state index is 12.2. The van der Waals surface area contributed by atoms with Crippen molar-refractivity contribution in [2.24, 2.45) is 5.10 Å². The van der Waals surface area contributed by atoms with E-state index in [1.165, 1.54) is 24.4 Å². The number of ether oxygens (including phenoxy) is 2. The van der Waals surface area contributed by atoms with Gasteiger partial charge in [0.05, 0.1) is 34.4 Å². The van der Waals surface area contributed by atoms with Crippen molar-refractivity contribution in [3.63, 3.8) is 0 Å². The van der Waals surface area contributed by atoms with Crippen LogP contribution < -0.4 is 14.3 Å². The summed E-state index contributed by atoms with van der Waals surface area (Å²) in [7, 11) is -3.85. The Kier molecular flexibility index (Phi) is 7.14. The summed E-state index contributed by atoms with van der Waals surface area (Å²) in [6.07, 6.45) is 1.37. The monoisotopic (exact) mass is 416 g/mol. The van der Waals surface area contributed by atoms with Crippen LogP contribution in [0.4, 0.5) is 0 Å². The lowest BCUT2D eigenvalue weighted by Gasteiger charge is -2.11. The van der Waals surface area contributed by atoms with Crippen molar-refractivity contribution in [2.45, 2.75) is 18.7 Å². The van der Waals surface area contributed by atoms with Gasteiger partial charge in [0.1, 0.15) is 0 Å². The molecule has 0 saturated carbocycles. The minimum atomic E-state index is -3.85. The predicted molar refractivity (Wildman–Crippen MR) is 103 cm³/mol. The molecule has 2 aromatic rings. The zero-order valence-corrected chi connectivity index (χ0v) is 16.5. The lowest BCUT2D eigenvalue weighted by molar-refractivity contribution is 0.288. The van der Waals surface area contributed by atoms with E-state index in [1.807, 2.05) is 13.8 Å². The maximum Gasteiger partial charge on any atom is 0.276 e. The average Bonchev–Trinajstić information content (AvgIpc) is 2.59. The normalized spacial score (nSPS) is 11.5. The Morgan fingerprint density at radius 2 is 1.69 bits per heavy atom. The first-order valence-corrected chi connectivity index (χ1v) is 10.0. The molecule has 0 radical (unpaired) electrons. The van der Waals surface area contributed by atoms with E-state index < -0.39 is 10.0 Å². The molecule has 0 amide bonds. The second-order valence-corrected chi connectivity index (χ2v) is 7.48. The summed E-state index contributed by atoms with van der Waals surface area (Å²) < 4.78 is 35.4. The number of rotatable bonds is 8. The number of nitrogens with zero attached hydrogens (tertiary/aromatic N) is 1. The third-order valence-electron chi connectivity index (χ3n) is 3.16. The Labute approximate surface area is 162 Å². The Balaban J connectivity index is 2.16. The molecule has 0 heterocycles. The van der Waals surface area contributed by atoms with Crippen molar-refractivity contribution in [1.29, 1.82) is 0 Å². The number of hydrogen-bond acceptors (Lipinski definition) is 5. The van der Waals surface area contributed by atoms with Crippen molar-refractivity contribution >= 4 is 39.4 Å². The quantitative estimate of drug-likeness (QED) is 0.518. The Morgan fingerprint density at radius 1 is 1.00 bits per heavy atom. The van der Waals surface area contributed by atoms with E-state index in [4.69, 9.17) is 32.7 Å². The van der Waals surface area contributed by atoms with Crippen LogP contribution in [-0.2, 0) is 10.0 Å². The summed E-state index contributed by atoms with van der Waals surface area (Å²) in [4.78, 5) is 2.09. The number of benzene rings is 2. The Bertz CT molecular complexity index is 902. The van der Waals surface area contributed by atoms with Gasteiger partial charge in [-0.15, -0.1) is 0 Å². The third-order valence-corrected chi connectivity index (χ3v) is 5.11. The highest BCUT2D eigenvalue weighted by Gasteiger charge is 2.14. The van der Waals surface area contributed by atoms with Gasteiger partial charge in [0.2, 0.25) is 0 Å². The molecular formula is C17H18Cl2N2O4S. The second kappa shape index (κ2) is 9.12. The minimum Gasteiger partial charge on any atom is -0.490 e. The van der Waals surface area contributed by atoms with Gasteiger partial charge in [-0.05, 0) is 55.8 Å². The maximum absolute atomic E-state index is 12.2. The summed E-state index contributed by atoms with van der Waals surface area (Å²) in [6, 6.07) is 9.20. The fourth-order valence-electron chi connectivity index (χ4n) is 2.01. The Morgan fingerprint density at radius 3 is 2.35 bits per heavy atom. The van der Waals surface area contributed by atoms with Gasteiger partial charge >= 0.3 is 0 Å².